The van der Waals surface area contributed by atoms with Crippen LogP contribution in [0.25, 0.3) is 0 Å². The highest BCUT2D eigenvalue weighted by Crippen LogP contribution is 2.40. The third-order valence-electron chi connectivity index (χ3n) is 3.37. The first-order valence-corrected chi connectivity index (χ1v) is 6.04. The Labute approximate surface area is 104 Å². The molecule has 0 N–H and O–H groups in total. The molecule has 0 aliphatic rings. The van der Waals surface area contributed by atoms with E-state index in [1.54, 1.807) is 0 Å². The third kappa shape index (κ3) is 3.80. The first-order chi connectivity index (χ1) is 6.21. The summed E-state index contributed by atoms with van der Waals surface area (Å²) in [5, 5.41) is 0. The monoisotopic (exact) mass is 254 g/mol. The fourth-order valence-corrected chi connectivity index (χ4v) is 0.958. The van der Waals surface area contributed by atoms with Crippen LogP contribution >= 0.6 is 23.2 Å². The molecule has 15 heavy (non-hydrogen) atoms. The molecule has 0 bridgehead atoms. The smallest absolute Gasteiger partial charge is 0.0820 e. The maximum absolute atomic E-state index is 6.31. The Morgan fingerprint density at radius 1 is 0.600 bits per heavy atom. The molecule has 92 valence electrons. The second kappa shape index (κ2) is 4.09. The standard InChI is InChI=1S/C12H24Cl2O/c1-9(2,13)11(5,6)15-12(7,8)10(3,4)14/h1-8H3. The Morgan fingerprint density at radius 2 is 0.800 bits per heavy atom. The predicted octanol–water partition coefficient (Wildman–Crippen LogP) is 4.60. The Kier molecular flexibility index (Phi) is 4.23. The summed E-state index contributed by atoms with van der Waals surface area (Å²) in [6.07, 6.45) is 0. The SMILES string of the molecule is CC(C)(Cl)C(C)(C)OC(C)(C)C(C)(C)Cl. The van der Waals surface area contributed by atoms with Crippen molar-refractivity contribution in [3.8, 4) is 0 Å². The maximum Gasteiger partial charge on any atom is 0.0820 e. The highest BCUT2D eigenvalue weighted by Gasteiger charge is 2.45. The minimum absolute atomic E-state index is 0.438. The molecule has 0 fully saturated rings. The van der Waals surface area contributed by atoms with Crippen molar-refractivity contribution in [3.63, 3.8) is 0 Å². The summed E-state index contributed by atoms with van der Waals surface area (Å²) in [5.41, 5.74) is -0.881. The molecule has 0 aliphatic heterocycles. The van der Waals surface area contributed by atoms with Gasteiger partial charge in [0.25, 0.3) is 0 Å². The van der Waals surface area contributed by atoms with Crippen LogP contribution in [0.15, 0.2) is 0 Å². The molecule has 0 aromatic carbocycles. The number of alkyl halides is 2. The van der Waals surface area contributed by atoms with Crippen LogP contribution < -0.4 is 0 Å². The number of hydrogen-bond acceptors (Lipinski definition) is 1. The second-order valence-electron chi connectivity index (χ2n) is 6.07. The van der Waals surface area contributed by atoms with Crippen molar-refractivity contribution >= 4 is 23.2 Å². The average Bonchev–Trinajstić information content (AvgIpc) is 1.77. The molecule has 0 unspecified atom stereocenters. The molecule has 3 heteroatoms. The molecule has 0 heterocycles. The van der Waals surface area contributed by atoms with Crippen LogP contribution in [0.2, 0.25) is 0 Å². The van der Waals surface area contributed by atoms with E-state index in [0.29, 0.717) is 0 Å². The summed E-state index contributed by atoms with van der Waals surface area (Å²) >= 11 is 12.6. The maximum atomic E-state index is 6.31. The molecule has 0 rings (SSSR count). The summed E-state index contributed by atoms with van der Waals surface area (Å²) in [5.74, 6) is 0. The highest BCUT2D eigenvalue weighted by molar-refractivity contribution is 6.24. The van der Waals surface area contributed by atoms with E-state index in [9.17, 15) is 0 Å². The highest BCUT2D eigenvalue weighted by atomic mass is 35.5. The molecular formula is C12H24Cl2O. The van der Waals surface area contributed by atoms with Gasteiger partial charge in [0.15, 0.2) is 0 Å². The number of hydrogen-bond donors (Lipinski definition) is 0. The molecule has 0 saturated carbocycles. The molecule has 0 aliphatic carbocycles. The van der Waals surface area contributed by atoms with E-state index >= 15 is 0 Å². The molecular weight excluding hydrogens is 231 g/mol. The van der Waals surface area contributed by atoms with Gasteiger partial charge in [-0.15, -0.1) is 23.2 Å². The van der Waals surface area contributed by atoms with Crippen molar-refractivity contribution in [3.05, 3.63) is 0 Å². The van der Waals surface area contributed by atoms with E-state index in [1.807, 2.05) is 55.4 Å². The molecule has 0 radical (unpaired) electrons. The van der Waals surface area contributed by atoms with Gasteiger partial charge in [-0.3, -0.25) is 0 Å². The topological polar surface area (TPSA) is 9.23 Å². The van der Waals surface area contributed by atoms with Crippen LogP contribution in [0.5, 0.6) is 0 Å². The van der Waals surface area contributed by atoms with Gasteiger partial charge in [-0.05, 0) is 55.4 Å². The van der Waals surface area contributed by atoms with Gasteiger partial charge < -0.3 is 4.74 Å². The first-order valence-electron chi connectivity index (χ1n) is 5.29. The van der Waals surface area contributed by atoms with Crippen LogP contribution in [-0.4, -0.2) is 21.0 Å². The van der Waals surface area contributed by atoms with Crippen molar-refractivity contribution < 1.29 is 4.74 Å². The number of halogens is 2. The van der Waals surface area contributed by atoms with Gasteiger partial charge in [0, 0.05) is 0 Å². The Balaban J connectivity index is 4.89. The van der Waals surface area contributed by atoms with Gasteiger partial charge in [0.2, 0.25) is 0 Å². The zero-order chi connectivity index (χ0) is 12.7. The second-order valence-corrected chi connectivity index (χ2v) is 7.96. The largest absolute Gasteiger partial charge is 0.366 e. The van der Waals surface area contributed by atoms with Crippen LogP contribution in [0.3, 0.4) is 0 Å². The fourth-order valence-electron chi connectivity index (χ4n) is 0.881. The van der Waals surface area contributed by atoms with Gasteiger partial charge in [0.05, 0.1) is 21.0 Å². The van der Waals surface area contributed by atoms with Gasteiger partial charge in [-0.25, -0.2) is 0 Å². The van der Waals surface area contributed by atoms with E-state index in [0.717, 1.165) is 0 Å². The van der Waals surface area contributed by atoms with Crippen molar-refractivity contribution in [1.82, 2.24) is 0 Å². The summed E-state index contributed by atoms with van der Waals surface area (Å²) in [7, 11) is 0. The van der Waals surface area contributed by atoms with Crippen molar-refractivity contribution in [2.75, 3.05) is 0 Å². The van der Waals surface area contributed by atoms with Crippen molar-refractivity contribution in [1.29, 1.82) is 0 Å². The molecule has 0 aromatic rings. The van der Waals surface area contributed by atoms with Gasteiger partial charge >= 0.3 is 0 Å². The summed E-state index contributed by atoms with van der Waals surface area (Å²) in [6, 6.07) is 0. The molecule has 0 spiro atoms. The lowest BCUT2D eigenvalue weighted by atomic mass is 9.88. The summed E-state index contributed by atoms with van der Waals surface area (Å²) in [4.78, 5) is -0.876. The number of rotatable bonds is 4. The Hall–Kier alpha value is 0.540. The first kappa shape index (κ1) is 15.5. The van der Waals surface area contributed by atoms with Gasteiger partial charge in [-0.1, -0.05) is 0 Å². The van der Waals surface area contributed by atoms with Crippen molar-refractivity contribution in [2.45, 2.75) is 76.3 Å². The minimum atomic E-state index is -0.440. The third-order valence-corrected chi connectivity index (χ3v) is 4.28. The summed E-state index contributed by atoms with van der Waals surface area (Å²) < 4.78 is 6.09. The van der Waals surface area contributed by atoms with Crippen LogP contribution in [0.1, 0.15) is 55.4 Å². The van der Waals surface area contributed by atoms with Crippen LogP contribution in [0, 0.1) is 0 Å². The van der Waals surface area contributed by atoms with Gasteiger partial charge in [0.1, 0.15) is 0 Å². The van der Waals surface area contributed by atoms with E-state index in [1.165, 1.54) is 0 Å². The lowest BCUT2D eigenvalue weighted by Crippen LogP contribution is -2.54. The fraction of sp³-hybridized carbons (Fsp3) is 1.00. The normalized spacial score (nSPS) is 15.6. The van der Waals surface area contributed by atoms with E-state index < -0.39 is 21.0 Å². The molecule has 0 atom stereocenters. The zero-order valence-electron chi connectivity index (χ0n) is 11.2. The van der Waals surface area contributed by atoms with E-state index in [2.05, 4.69) is 0 Å². The van der Waals surface area contributed by atoms with Crippen molar-refractivity contribution in [2.24, 2.45) is 0 Å². The Morgan fingerprint density at radius 3 is 0.933 bits per heavy atom. The lowest BCUT2D eigenvalue weighted by Gasteiger charge is -2.47. The predicted molar refractivity (Wildman–Crippen MR) is 69.1 cm³/mol. The van der Waals surface area contributed by atoms with E-state index in [-0.39, 0.29) is 0 Å². The molecule has 1 nitrogen and oxygen atoms in total. The van der Waals surface area contributed by atoms with E-state index in [4.69, 9.17) is 27.9 Å². The minimum Gasteiger partial charge on any atom is -0.366 e. The van der Waals surface area contributed by atoms with Crippen LogP contribution in [0.4, 0.5) is 0 Å². The quantitative estimate of drug-likeness (QED) is 0.667. The average molecular weight is 255 g/mol. The number of ether oxygens (including phenoxy) is 1. The van der Waals surface area contributed by atoms with Crippen LogP contribution in [-0.2, 0) is 4.74 Å². The Bertz CT molecular complexity index is 195. The lowest BCUT2D eigenvalue weighted by molar-refractivity contribution is -0.149. The summed E-state index contributed by atoms with van der Waals surface area (Å²) in [6.45, 7) is 15.8. The molecule has 0 saturated heterocycles. The zero-order valence-corrected chi connectivity index (χ0v) is 12.7. The molecule has 0 amide bonds. The molecule has 0 aromatic heterocycles. The van der Waals surface area contributed by atoms with Gasteiger partial charge in [-0.2, -0.15) is 0 Å².